The van der Waals surface area contributed by atoms with Crippen LogP contribution >= 0.6 is 0 Å². The number of rotatable bonds is 50. The third-order valence-electron chi connectivity index (χ3n) is 14.1. The van der Waals surface area contributed by atoms with Crippen LogP contribution in [0.4, 0.5) is 19.2 Å². The van der Waals surface area contributed by atoms with Crippen LogP contribution in [0.1, 0.15) is 182 Å². The van der Waals surface area contributed by atoms with Gasteiger partial charge in [-0.2, -0.15) is 0 Å². The average molecular weight is 1560 g/mol. The van der Waals surface area contributed by atoms with Crippen molar-refractivity contribution in [1.82, 2.24) is 42.5 Å². The van der Waals surface area contributed by atoms with Crippen molar-refractivity contribution in [3.05, 3.63) is 111 Å². The number of carbonyl (C=O) groups is 13. The van der Waals surface area contributed by atoms with Gasteiger partial charge in [0, 0.05) is 97.4 Å². The van der Waals surface area contributed by atoms with Crippen LogP contribution in [0.3, 0.4) is 0 Å². The maximum absolute atomic E-state index is 13.8. The Kier molecular flexibility index (Phi) is 86.8. The molecule has 0 aliphatic carbocycles. The number of ketones is 5. The molecule has 0 aromatic heterocycles. The van der Waals surface area contributed by atoms with Crippen molar-refractivity contribution >= 4 is 76.9 Å². The van der Waals surface area contributed by atoms with Crippen molar-refractivity contribution in [3.63, 3.8) is 0 Å². The summed E-state index contributed by atoms with van der Waals surface area (Å²) in [5.41, 5.74) is 6.98. The van der Waals surface area contributed by atoms with E-state index < -0.39 is 103 Å². The monoisotopic (exact) mass is 1550 g/mol. The first-order valence-corrected chi connectivity index (χ1v) is 33.5. The van der Waals surface area contributed by atoms with Crippen molar-refractivity contribution in [1.29, 1.82) is 0 Å². The number of Topliss-reactive ketones (excluding diaryl/α,β-unsaturated/α-hetero) is 5. The predicted molar refractivity (Wildman–Crippen MR) is 431 cm³/mol. The lowest BCUT2D eigenvalue weighted by molar-refractivity contribution is -0.179. The Hall–Kier alpha value is -9.23. The van der Waals surface area contributed by atoms with Gasteiger partial charge < -0.3 is 67.2 Å². The Balaban J connectivity index is -0.000000852. The van der Waals surface area contributed by atoms with Gasteiger partial charge in [-0.3, -0.25) is 43.2 Å². The smallest absolute Gasteiger partial charge is 0.382 e. The molecule has 5 atom stereocenters. The summed E-state index contributed by atoms with van der Waals surface area (Å²) in [5, 5.41) is 19.9. The van der Waals surface area contributed by atoms with E-state index in [-0.39, 0.29) is 185 Å². The Morgan fingerprint density at radius 1 is 0.394 bits per heavy atom. The largest absolute Gasteiger partial charge is 0.451 e. The molecule has 0 radical (unpaired) electrons. The standard InChI is InChI=1S/C65H99N9O21.3C2H4.8CH4/c1-44(2)35-53(55(77)22-24-58(80)67-27-15-29-90-33-31-88-5)72-60(82)48(37-46-17-9-7-10-18-46)39-50(75)42-70-63(85)93-92-62(84)69-26-14-13-21-52(57(79)41-66)74-65(87)95-94-64(86)71-43-51(76)40-49(38-47-19-11-8-12-20-47)61(83)73-54(36-45(3)4)56(78)23-25-59(81)68-28-16-30-91-34-32-89-6;3*1-2;;;;;;;;/h7-12,17-20,44-45,48-49,52-54H,13-16,21-43,66H2,1-6H3,(H,67,80)(H,68,81)(H,69,84)(H,70,85)(H,71,86)(H,72,82)(H,73,83)(H,74,87);3*1-2H2;8*1H4. The van der Waals surface area contributed by atoms with Crippen molar-refractivity contribution in [3.8, 4) is 0 Å². The number of nitrogens with one attached hydrogen (secondary N) is 8. The summed E-state index contributed by atoms with van der Waals surface area (Å²) in [5.74, 6) is -6.38. The second-order valence-corrected chi connectivity index (χ2v) is 23.2. The van der Waals surface area contributed by atoms with Gasteiger partial charge in [0.15, 0.2) is 28.9 Å². The molecule has 0 aliphatic rings. The molecule has 30 nitrogen and oxygen atoms in total. The van der Waals surface area contributed by atoms with Crippen LogP contribution in [0.25, 0.3) is 0 Å². The molecule has 2 rings (SSSR count). The van der Waals surface area contributed by atoms with E-state index in [0.29, 0.717) is 71.1 Å². The number of nitrogens with two attached hydrogens (primary N) is 1. The van der Waals surface area contributed by atoms with Crippen LogP contribution in [0.15, 0.2) is 100 Å². The molecule has 0 heterocycles. The third-order valence-corrected chi connectivity index (χ3v) is 14.1. The number of hydrogen-bond acceptors (Lipinski definition) is 22. The molecule has 30 heteroatoms. The number of benzene rings is 2. The molecule has 2 aromatic carbocycles. The van der Waals surface area contributed by atoms with E-state index in [1.54, 1.807) is 74.9 Å². The van der Waals surface area contributed by atoms with Gasteiger partial charge in [-0.1, -0.05) is 148 Å². The van der Waals surface area contributed by atoms with Gasteiger partial charge in [0.1, 0.15) is 0 Å². The average Bonchev–Trinajstić information content (AvgIpc) is 0.872. The van der Waals surface area contributed by atoms with Crippen molar-refractivity contribution in [2.24, 2.45) is 29.4 Å². The van der Waals surface area contributed by atoms with E-state index in [4.69, 9.17) is 24.7 Å². The van der Waals surface area contributed by atoms with Crippen LogP contribution in [-0.2, 0) is 94.5 Å². The Bertz CT molecular complexity index is 2740. The van der Waals surface area contributed by atoms with Gasteiger partial charge in [-0.05, 0) is 80.8 Å². The zero-order valence-electron chi connectivity index (χ0n) is 59.8. The minimum absolute atomic E-state index is 0. The molecule has 5 unspecified atom stereocenters. The van der Waals surface area contributed by atoms with E-state index in [1.165, 1.54) is 0 Å². The number of carbonyl (C=O) groups excluding carboxylic acids is 13. The van der Waals surface area contributed by atoms with Crippen LogP contribution < -0.4 is 48.3 Å². The molecule has 630 valence electrons. The first-order chi connectivity index (χ1) is 48.5. The van der Waals surface area contributed by atoms with Crippen molar-refractivity contribution in [2.75, 3.05) is 93.1 Å². The van der Waals surface area contributed by atoms with Crippen LogP contribution in [0.5, 0.6) is 0 Å². The first kappa shape index (κ1) is 121. The molecule has 0 bridgehead atoms. The number of methoxy groups -OCH3 is 2. The van der Waals surface area contributed by atoms with E-state index in [1.807, 2.05) is 27.7 Å². The van der Waals surface area contributed by atoms with Gasteiger partial charge in [0.2, 0.25) is 23.6 Å². The molecule has 8 amide bonds. The Morgan fingerprint density at radius 2 is 0.743 bits per heavy atom. The van der Waals surface area contributed by atoms with Crippen molar-refractivity contribution < 1.29 is 101 Å². The SMILES string of the molecule is C.C.C.C.C.C.C.C.C=C.C=C.C=C.COCCOCCCNC(=O)CCC(=O)C(CC(C)C)NC(=O)C(CC(=O)CNC(=O)OOC(=O)NCCCCC(NC(=O)OOC(=O)NCC(=O)CC(Cc1ccccc1)C(=O)NC(CC(C)C)C(=O)CCC(=O)NCCCOCCOC)C(=O)CN)Cc1ccccc1. The fraction of sp³-hybridized carbons (Fsp3) is 0.608. The molecule has 0 aliphatic heterocycles. The number of hydrogen-bond donors (Lipinski definition) is 9. The normalized spacial score (nSPS) is 11.0. The van der Waals surface area contributed by atoms with Gasteiger partial charge >= 0.3 is 24.4 Å². The second kappa shape index (κ2) is 78.4. The molecule has 2 aromatic rings. The number of unbranched alkanes of at least 4 members (excludes halogenated alkanes) is 1. The maximum atomic E-state index is 13.8. The minimum Gasteiger partial charge on any atom is -0.382 e. The molecule has 0 fully saturated rings. The summed E-state index contributed by atoms with van der Waals surface area (Å²) in [6, 6.07) is 14.5. The highest BCUT2D eigenvalue weighted by molar-refractivity contribution is 5.95. The van der Waals surface area contributed by atoms with Gasteiger partial charge in [-0.15, -0.1) is 39.5 Å². The quantitative estimate of drug-likeness (QED) is 0.0129. The highest BCUT2D eigenvalue weighted by atomic mass is 17.2. The zero-order chi connectivity index (χ0) is 76.2. The van der Waals surface area contributed by atoms with Crippen LogP contribution in [-0.4, -0.2) is 188 Å². The third kappa shape index (κ3) is 63.4. The summed E-state index contributed by atoms with van der Waals surface area (Å²) < 4.78 is 20.6. The summed E-state index contributed by atoms with van der Waals surface area (Å²) in [7, 11) is 3.13. The summed E-state index contributed by atoms with van der Waals surface area (Å²) in [6.45, 7) is 27.0. The highest BCUT2D eigenvalue weighted by Crippen LogP contribution is 2.19. The highest BCUT2D eigenvalue weighted by Gasteiger charge is 2.31. The molecule has 0 saturated heterocycles. The number of ether oxygens (including phenoxy) is 4. The molecular formula is C79H143N9O21. The first-order valence-electron chi connectivity index (χ1n) is 33.5. The lowest BCUT2D eigenvalue weighted by Crippen LogP contribution is -2.46. The molecule has 109 heavy (non-hydrogen) atoms. The Morgan fingerprint density at radius 3 is 1.09 bits per heavy atom. The van der Waals surface area contributed by atoms with Crippen molar-refractivity contribution in [2.45, 2.75) is 202 Å². The van der Waals surface area contributed by atoms with Gasteiger partial charge in [0.25, 0.3) is 0 Å². The van der Waals surface area contributed by atoms with Gasteiger partial charge in [0.05, 0.1) is 64.2 Å². The lowest BCUT2D eigenvalue weighted by atomic mass is 9.91. The van der Waals surface area contributed by atoms with E-state index >= 15 is 0 Å². The van der Waals surface area contributed by atoms with E-state index in [0.717, 1.165) is 5.56 Å². The fourth-order valence-corrected chi connectivity index (χ4v) is 9.23. The second-order valence-electron chi connectivity index (χ2n) is 23.2. The van der Waals surface area contributed by atoms with Crippen LogP contribution in [0, 0.1) is 23.7 Å². The van der Waals surface area contributed by atoms with Gasteiger partial charge in [-0.25, -0.2) is 38.7 Å². The van der Waals surface area contributed by atoms with Crippen LogP contribution in [0.2, 0.25) is 0 Å². The fourth-order valence-electron chi connectivity index (χ4n) is 9.23. The summed E-state index contributed by atoms with van der Waals surface area (Å²) in [4.78, 5) is 186. The minimum atomic E-state index is -1.37. The Labute approximate surface area is 653 Å². The topological polar surface area (TPSA) is 418 Å². The molecule has 0 spiro atoms. The predicted octanol–water partition coefficient (Wildman–Crippen LogP) is 11.0. The van der Waals surface area contributed by atoms with E-state index in [2.05, 4.69) is 102 Å². The molecule has 10 N–H and O–H groups in total. The maximum Gasteiger partial charge on any atom is 0.451 e. The number of amides is 8. The van der Waals surface area contributed by atoms with E-state index in [9.17, 15) is 62.3 Å². The molecule has 0 saturated carbocycles. The zero-order valence-corrected chi connectivity index (χ0v) is 59.8. The summed E-state index contributed by atoms with van der Waals surface area (Å²) >= 11 is 0. The summed E-state index contributed by atoms with van der Waals surface area (Å²) in [6.07, 6.45) is -4.23. The molecular weight excluding hydrogens is 1410 g/mol. The lowest BCUT2D eigenvalue weighted by Gasteiger charge is -2.23.